The summed E-state index contributed by atoms with van der Waals surface area (Å²) in [6, 6.07) is 12.8. The topological polar surface area (TPSA) is 95.6 Å². The van der Waals surface area contributed by atoms with Crippen molar-refractivity contribution in [3.05, 3.63) is 53.0 Å². The van der Waals surface area contributed by atoms with Gasteiger partial charge in [0.25, 0.3) is 0 Å². The highest BCUT2D eigenvalue weighted by Crippen LogP contribution is 2.31. The number of nitrogens with one attached hydrogen (secondary N) is 1. The molecule has 31 heavy (non-hydrogen) atoms. The molecule has 8 nitrogen and oxygen atoms in total. The zero-order chi connectivity index (χ0) is 21.6. The quantitative estimate of drug-likeness (QED) is 0.218. The summed E-state index contributed by atoms with van der Waals surface area (Å²) in [5.41, 5.74) is 2.76. The molecule has 1 amide bonds. The average molecular weight is 460 g/mol. The lowest BCUT2D eigenvalue weighted by Gasteiger charge is -2.05. The van der Waals surface area contributed by atoms with Gasteiger partial charge in [-0.25, -0.2) is 9.78 Å². The van der Waals surface area contributed by atoms with Crippen molar-refractivity contribution in [2.75, 3.05) is 31.6 Å². The van der Waals surface area contributed by atoms with Crippen LogP contribution in [-0.2, 0) is 20.8 Å². The van der Waals surface area contributed by atoms with Crippen LogP contribution in [0, 0.1) is 0 Å². The summed E-state index contributed by atoms with van der Waals surface area (Å²) in [6.07, 6.45) is 0.157. The van der Waals surface area contributed by atoms with Crippen LogP contribution in [0.4, 0.5) is 5.69 Å². The van der Waals surface area contributed by atoms with Gasteiger partial charge in [-0.15, -0.1) is 11.3 Å². The van der Waals surface area contributed by atoms with Crippen LogP contribution in [-0.4, -0.2) is 41.7 Å². The highest BCUT2D eigenvalue weighted by molar-refractivity contribution is 8.01. The van der Waals surface area contributed by atoms with Crippen LogP contribution in [0.3, 0.4) is 0 Å². The molecule has 0 atom stereocenters. The molecule has 0 unspecified atom stereocenters. The Kier molecular flexibility index (Phi) is 7.03. The molecule has 2 aromatic carbocycles. The van der Waals surface area contributed by atoms with E-state index in [1.54, 1.807) is 36.6 Å². The average Bonchev–Trinajstić information content (AvgIpc) is 3.31. The van der Waals surface area contributed by atoms with Crippen LogP contribution in [0.2, 0.25) is 0 Å². The Morgan fingerprint density at radius 1 is 1.26 bits per heavy atom. The third kappa shape index (κ3) is 5.34. The molecule has 0 radical (unpaired) electrons. The van der Waals surface area contributed by atoms with Crippen molar-refractivity contribution in [2.24, 2.45) is 0 Å². The number of ether oxygens (including phenoxy) is 2. The monoisotopic (exact) mass is 459 g/mol. The molecule has 0 spiro atoms. The Balaban J connectivity index is 1.35. The lowest BCUT2D eigenvalue weighted by atomic mass is 10.3. The minimum Gasteiger partial charge on any atom is -0.408 e. The lowest BCUT2D eigenvalue weighted by molar-refractivity contribution is -0.116. The zero-order valence-corrected chi connectivity index (χ0v) is 18.5. The molecule has 0 aliphatic heterocycles. The van der Waals surface area contributed by atoms with Crippen molar-refractivity contribution in [2.45, 2.75) is 17.3 Å². The molecule has 0 aliphatic carbocycles. The van der Waals surface area contributed by atoms with Gasteiger partial charge in [0.2, 0.25) is 5.91 Å². The van der Waals surface area contributed by atoms with E-state index in [1.165, 1.54) is 16.3 Å². The molecule has 0 saturated carbocycles. The lowest BCUT2D eigenvalue weighted by Crippen LogP contribution is -2.19. The second-order valence-electron chi connectivity index (χ2n) is 6.61. The van der Waals surface area contributed by atoms with E-state index in [9.17, 15) is 9.59 Å². The maximum absolute atomic E-state index is 12.4. The van der Waals surface area contributed by atoms with E-state index >= 15 is 0 Å². The Labute approximate surface area is 186 Å². The minimum absolute atomic E-state index is 0.157. The molecule has 10 heteroatoms. The number of aromatic nitrogens is 2. The fraction of sp³-hybridized carbons (Fsp3) is 0.286. The highest BCUT2D eigenvalue weighted by atomic mass is 32.2. The molecule has 0 saturated heterocycles. The van der Waals surface area contributed by atoms with Crippen LogP contribution >= 0.6 is 23.1 Å². The number of amides is 1. The minimum atomic E-state index is -0.462. The first kappa shape index (κ1) is 21.6. The number of hydrogen-bond donors (Lipinski definition) is 1. The first-order valence-electron chi connectivity index (χ1n) is 9.62. The number of aryl methyl sites for hydroxylation is 1. The molecule has 0 aliphatic rings. The van der Waals surface area contributed by atoms with Gasteiger partial charge >= 0.3 is 5.76 Å². The summed E-state index contributed by atoms with van der Waals surface area (Å²) in [4.78, 5) is 29.0. The van der Waals surface area contributed by atoms with Crippen molar-refractivity contribution in [1.82, 2.24) is 9.55 Å². The third-order valence-electron chi connectivity index (χ3n) is 4.49. The number of thioether (sulfide) groups is 1. The number of carbonyl (C=O) groups is 1. The van der Waals surface area contributed by atoms with Gasteiger partial charge in [-0.05, 0) is 30.3 Å². The number of anilines is 1. The molecule has 0 fully saturated rings. The SMILES string of the molecule is COCCOCSc1nc2ccc(NC(=O)CCn3c(=O)oc4ccccc43)cc2s1. The number of methoxy groups -OCH3 is 1. The van der Waals surface area contributed by atoms with Crippen LogP contribution in [0.25, 0.3) is 21.3 Å². The van der Waals surface area contributed by atoms with Gasteiger partial charge in [0.05, 0.1) is 34.9 Å². The standard InChI is InChI=1S/C21H21N3O5S2/c1-27-10-11-28-13-30-20-23-15-7-6-14(12-18(15)31-20)22-19(25)8-9-24-16-4-2-3-5-17(16)29-21(24)26/h2-7,12H,8-11,13H2,1H3,(H,22,25). The fourth-order valence-electron chi connectivity index (χ4n) is 3.00. The number of hydrogen-bond acceptors (Lipinski definition) is 8. The van der Waals surface area contributed by atoms with Gasteiger partial charge in [0.15, 0.2) is 9.92 Å². The number of rotatable bonds is 10. The van der Waals surface area contributed by atoms with Crippen LogP contribution in [0.5, 0.6) is 0 Å². The number of para-hydroxylation sites is 2. The number of thiazole rings is 1. The zero-order valence-electron chi connectivity index (χ0n) is 16.8. The van der Waals surface area contributed by atoms with Gasteiger partial charge in [-0.1, -0.05) is 23.9 Å². The summed E-state index contributed by atoms with van der Waals surface area (Å²) in [5, 5.41) is 2.89. The Bertz CT molecular complexity index is 1250. The Morgan fingerprint density at radius 3 is 3.00 bits per heavy atom. The van der Waals surface area contributed by atoms with Gasteiger partial charge < -0.3 is 19.2 Å². The normalized spacial score (nSPS) is 11.4. The number of fused-ring (bicyclic) bond motifs is 2. The second-order valence-corrected chi connectivity index (χ2v) is 8.81. The Hall–Kier alpha value is -2.66. The van der Waals surface area contributed by atoms with Gasteiger partial charge in [-0.2, -0.15) is 0 Å². The molecule has 2 heterocycles. The number of benzene rings is 2. The number of carbonyl (C=O) groups excluding carboxylic acids is 1. The summed E-state index contributed by atoms with van der Waals surface area (Å²) >= 11 is 3.07. The van der Waals surface area contributed by atoms with Crippen molar-refractivity contribution in [3.8, 4) is 0 Å². The van der Waals surface area contributed by atoms with Gasteiger partial charge in [-0.3, -0.25) is 9.36 Å². The van der Waals surface area contributed by atoms with E-state index in [4.69, 9.17) is 13.9 Å². The second kappa shape index (κ2) is 10.1. The van der Waals surface area contributed by atoms with Crippen molar-refractivity contribution < 1.29 is 18.7 Å². The van der Waals surface area contributed by atoms with Crippen LogP contribution < -0.4 is 11.1 Å². The van der Waals surface area contributed by atoms with Crippen molar-refractivity contribution >= 4 is 56.0 Å². The van der Waals surface area contributed by atoms with E-state index in [-0.39, 0.29) is 18.9 Å². The maximum Gasteiger partial charge on any atom is 0.419 e. The molecule has 4 rings (SSSR count). The van der Waals surface area contributed by atoms with E-state index in [0.29, 0.717) is 35.9 Å². The summed E-state index contributed by atoms with van der Waals surface area (Å²) in [7, 11) is 1.64. The largest absolute Gasteiger partial charge is 0.419 e. The smallest absolute Gasteiger partial charge is 0.408 e. The first-order valence-corrected chi connectivity index (χ1v) is 11.4. The maximum atomic E-state index is 12.4. The molecule has 2 aromatic heterocycles. The molecule has 4 aromatic rings. The van der Waals surface area contributed by atoms with Gasteiger partial charge in [0, 0.05) is 25.8 Å². The predicted molar refractivity (Wildman–Crippen MR) is 122 cm³/mol. The molecule has 162 valence electrons. The van der Waals surface area contributed by atoms with Gasteiger partial charge in [0.1, 0.15) is 0 Å². The van der Waals surface area contributed by atoms with Crippen LogP contribution in [0.1, 0.15) is 6.42 Å². The van der Waals surface area contributed by atoms with E-state index in [0.717, 1.165) is 14.6 Å². The van der Waals surface area contributed by atoms with Crippen molar-refractivity contribution in [1.29, 1.82) is 0 Å². The summed E-state index contributed by atoms with van der Waals surface area (Å²) in [5.74, 6) is -0.132. The first-order chi connectivity index (χ1) is 15.1. The third-order valence-corrected chi connectivity index (χ3v) is 6.53. The van der Waals surface area contributed by atoms with E-state index in [2.05, 4.69) is 10.3 Å². The number of nitrogens with zero attached hydrogens (tertiary/aromatic N) is 2. The van der Waals surface area contributed by atoms with E-state index < -0.39 is 5.76 Å². The molecule has 0 bridgehead atoms. The molecular formula is C21H21N3O5S2. The van der Waals surface area contributed by atoms with Crippen LogP contribution in [0.15, 0.2) is 56.0 Å². The predicted octanol–water partition coefficient (Wildman–Crippen LogP) is 3.95. The molecular weight excluding hydrogens is 438 g/mol. The van der Waals surface area contributed by atoms with Crippen molar-refractivity contribution in [3.63, 3.8) is 0 Å². The number of oxazole rings is 1. The summed E-state index contributed by atoms with van der Waals surface area (Å²) < 4.78 is 19.0. The Morgan fingerprint density at radius 2 is 2.13 bits per heavy atom. The molecule has 1 N–H and O–H groups in total. The fourth-order valence-corrected chi connectivity index (χ4v) is 4.85. The highest BCUT2D eigenvalue weighted by Gasteiger charge is 2.11. The van der Waals surface area contributed by atoms with E-state index in [1.807, 2.05) is 24.3 Å². The summed E-state index contributed by atoms with van der Waals surface area (Å²) in [6.45, 7) is 1.36.